The number of benzene rings is 2. The van der Waals surface area contributed by atoms with E-state index in [1.54, 1.807) is 22.9 Å². The van der Waals surface area contributed by atoms with Crippen LogP contribution in [-0.4, -0.2) is 15.8 Å². The number of hydrogen-bond acceptors (Lipinski definition) is 2. The molecule has 0 unspecified atom stereocenters. The number of halogens is 1. The molecule has 0 spiro atoms. The summed E-state index contributed by atoms with van der Waals surface area (Å²) in [6.45, 7) is 1.85. The molecule has 24 heavy (non-hydrogen) atoms. The Labute approximate surface area is 145 Å². The quantitative estimate of drug-likeness (QED) is 0.726. The van der Waals surface area contributed by atoms with Gasteiger partial charge in [0.05, 0.1) is 5.69 Å². The molecule has 3 rings (SSSR count). The largest absolute Gasteiger partial charge is 0.324 e. The average Bonchev–Trinajstić information content (AvgIpc) is 2.93. The minimum Gasteiger partial charge on any atom is -0.307 e. The molecule has 0 aliphatic rings. The summed E-state index contributed by atoms with van der Waals surface area (Å²) in [6.07, 6.45) is 0. The molecule has 2 N–H and O–H groups in total. The van der Waals surface area contributed by atoms with Crippen LogP contribution in [0.5, 0.6) is 0 Å². The van der Waals surface area contributed by atoms with Crippen LogP contribution in [0.1, 0.15) is 5.56 Å². The molecule has 2 aromatic carbocycles. The lowest BCUT2D eigenvalue weighted by Crippen LogP contribution is -2.20. The molecule has 0 saturated heterocycles. The highest BCUT2D eigenvalue weighted by molar-refractivity contribution is 6.31. The van der Waals surface area contributed by atoms with Crippen molar-refractivity contribution in [2.24, 2.45) is 7.05 Å². The van der Waals surface area contributed by atoms with Gasteiger partial charge in [-0.2, -0.15) is 5.10 Å². The summed E-state index contributed by atoms with van der Waals surface area (Å²) in [5, 5.41) is 10.5. The van der Waals surface area contributed by atoms with E-state index in [0.29, 0.717) is 16.5 Å². The molecule has 122 valence electrons. The second-order valence-corrected chi connectivity index (χ2v) is 5.80. The summed E-state index contributed by atoms with van der Waals surface area (Å²) in [6, 6.07) is 16.7. The smallest absolute Gasteiger partial charge is 0.307 e. The predicted molar refractivity (Wildman–Crippen MR) is 97.5 cm³/mol. The summed E-state index contributed by atoms with van der Waals surface area (Å²) in [4.78, 5) is 12.2. The molecule has 0 atom stereocenters. The van der Waals surface area contributed by atoms with E-state index >= 15 is 0 Å². The van der Waals surface area contributed by atoms with E-state index in [0.717, 1.165) is 16.8 Å². The van der Waals surface area contributed by atoms with Gasteiger partial charge in [-0.25, -0.2) is 4.79 Å². The van der Waals surface area contributed by atoms with E-state index in [4.69, 9.17) is 11.6 Å². The zero-order valence-electron chi connectivity index (χ0n) is 13.4. The van der Waals surface area contributed by atoms with E-state index in [1.165, 1.54) is 0 Å². The molecule has 0 radical (unpaired) electrons. The Morgan fingerprint density at radius 2 is 1.83 bits per heavy atom. The number of aryl methyl sites for hydroxylation is 1. The zero-order valence-corrected chi connectivity index (χ0v) is 14.1. The standard InChI is InChI=1S/C18H17ClN4O/c1-12-14(19)9-6-10-15(12)20-18(24)21-17-11-16(23(2)22-17)13-7-4-3-5-8-13/h3-11H,1-2H3,(H2,20,21,22,24). The Bertz CT molecular complexity index is 874. The van der Waals surface area contributed by atoms with Gasteiger partial charge in [-0.1, -0.05) is 48.0 Å². The van der Waals surface area contributed by atoms with Gasteiger partial charge in [-0.3, -0.25) is 10.00 Å². The summed E-state index contributed by atoms with van der Waals surface area (Å²) in [5.74, 6) is 0.480. The van der Waals surface area contributed by atoms with Crippen molar-refractivity contribution in [2.75, 3.05) is 10.6 Å². The number of amides is 2. The molecular weight excluding hydrogens is 324 g/mol. The SMILES string of the molecule is Cc1c(Cl)cccc1NC(=O)Nc1cc(-c2ccccc2)n(C)n1. The van der Waals surface area contributed by atoms with Crippen LogP contribution in [0.25, 0.3) is 11.3 Å². The molecule has 0 aliphatic carbocycles. The fraction of sp³-hybridized carbons (Fsp3) is 0.111. The normalized spacial score (nSPS) is 10.5. The third-order valence-electron chi connectivity index (χ3n) is 3.71. The number of nitrogens with one attached hydrogen (secondary N) is 2. The van der Waals surface area contributed by atoms with Gasteiger partial charge in [0.1, 0.15) is 0 Å². The lowest BCUT2D eigenvalue weighted by atomic mass is 10.1. The van der Waals surface area contributed by atoms with Crippen molar-refractivity contribution in [3.05, 3.63) is 65.2 Å². The van der Waals surface area contributed by atoms with Gasteiger partial charge >= 0.3 is 6.03 Å². The third-order valence-corrected chi connectivity index (χ3v) is 4.12. The second kappa shape index (κ2) is 6.76. The predicted octanol–water partition coefficient (Wildman–Crippen LogP) is 4.69. The van der Waals surface area contributed by atoms with Gasteiger partial charge < -0.3 is 5.32 Å². The maximum absolute atomic E-state index is 12.2. The van der Waals surface area contributed by atoms with E-state index in [2.05, 4.69) is 15.7 Å². The average molecular weight is 341 g/mol. The van der Waals surface area contributed by atoms with Crippen molar-refractivity contribution >= 4 is 29.1 Å². The van der Waals surface area contributed by atoms with E-state index in [9.17, 15) is 4.79 Å². The first-order chi connectivity index (χ1) is 11.5. The van der Waals surface area contributed by atoms with Crippen LogP contribution in [0.4, 0.5) is 16.3 Å². The van der Waals surface area contributed by atoms with Crippen LogP contribution in [0, 0.1) is 6.92 Å². The zero-order chi connectivity index (χ0) is 17.1. The first kappa shape index (κ1) is 16.1. The second-order valence-electron chi connectivity index (χ2n) is 5.40. The highest BCUT2D eigenvalue weighted by atomic mass is 35.5. The van der Waals surface area contributed by atoms with Gasteiger partial charge in [-0.05, 0) is 30.2 Å². The topological polar surface area (TPSA) is 59.0 Å². The molecule has 1 aromatic heterocycles. The number of urea groups is 1. The van der Waals surface area contributed by atoms with E-state index < -0.39 is 0 Å². The van der Waals surface area contributed by atoms with E-state index in [1.807, 2.05) is 50.4 Å². The highest BCUT2D eigenvalue weighted by Gasteiger charge is 2.11. The molecule has 0 fully saturated rings. The highest BCUT2D eigenvalue weighted by Crippen LogP contribution is 2.24. The molecule has 0 aliphatic heterocycles. The summed E-state index contributed by atoms with van der Waals surface area (Å²) < 4.78 is 1.73. The first-order valence-corrected chi connectivity index (χ1v) is 7.85. The Hall–Kier alpha value is -2.79. The molecule has 1 heterocycles. The maximum Gasteiger partial charge on any atom is 0.324 e. The van der Waals surface area contributed by atoms with Crippen molar-refractivity contribution in [1.82, 2.24) is 9.78 Å². The van der Waals surface area contributed by atoms with Crippen LogP contribution in [0.3, 0.4) is 0 Å². The third kappa shape index (κ3) is 3.41. The summed E-state index contributed by atoms with van der Waals surface area (Å²) in [5.41, 5.74) is 3.44. The van der Waals surface area contributed by atoms with Gasteiger partial charge in [-0.15, -0.1) is 0 Å². The van der Waals surface area contributed by atoms with Gasteiger partial charge in [0.25, 0.3) is 0 Å². The van der Waals surface area contributed by atoms with Crippen molar-refractivity contribution < 1.29 is 4.79 Å². The minimum atomic E-state index is -0.363. The van der Waals surface area contributed by atoms with Crippen molar-refractivity contribution in [3.8, 4) is 11.3 Å². The molecule has 0 bridgehead atoms. The summed E-state index contributed by atoms with van der Waals surface area (Å²) >= 11 is 6.06. The number of rotatable bonds is 3. The number of nitrogens with zero attached hydrogens (tertiary/aromatic N) is 2. The Morgan fingerprint density at radius 1 is 1.08 bits per heavy atom. The molecular formula is C18H17ClN4O. The van der Waals surface area contributed by atoms with Crippen LogP contribution in [0.2, 0.25) is 5.02 Å². The lowest BCUT2D eigenvalue weighted by molar-refractivity contribution is 0.262. The fourth-order valence-corrected chi connectivity index (χ4v) is 2.59. The van der Waals surface area contributed by atoms with Crippen LogP contribution in [0.15, 0.2) is 54.6 Å². The molecule has 5 nitrogen and oxygen atoms in total. The Kier molecular flexibility index (Phi) is 4.53. The van der Waals surface area contributed by atoms with Gasteiger partial charge in [0, 0.05) is 23.8 Å². The molecule has 3 aromatic rings. The van der Waals surface area contributed by atoms with Crippen molar-refractivity contribution in [3.63, 3.8) is 0 Å². The van der Waals surface area contributed by atoms with E-state index in [-0.39, 0.29) is 6.03 Å². The monoisotopic (exact) mass is 340 g/mol. The number of carbonyl (C=O) groups is 1. The molecule has 6 heteroatoms. The molecule has 2 amide bonds. The molecule has 0 saturated carbocycles. The van der Waals surface area contributed by atoms with Gasteiger partial charge in [0.2, 0.25) is 0 Å². The maximum atomic E-state index is 12.2. The fourth-order valence-electron chi connectivity index (χ4n) is 2.42. The Balaban J connectivity index is 1.75. The number of carbonyl (C=O) groups excluding carboxylic acids is 1. The number of anilines is 2. The number of aromatic nitrogens is 2. The number of hydrogen-bond donors (Lipinski definition) is 2. The van der Waals surface area contributed by atoms with Crippen LogP contribution >= 0.6 is 11.6 Å². The minimum absolute atomic E-state index is 0.363. The first-order valence-electron chi connectivity index (χ1n) is 7.47. The Morgan fingerprint density at radius 3 is 2.58 bits per heavy atom. The lowest BCUT2D eigenvalue weighted by Gasteiger charge is -2.09. The van der Waals surface area contributed by atoms with Crippen molar-refractivity contribution in [2.45, 2.75) is 6.92 Å². The van der Waals surface area contributed by atoms with Crippen LogP contribution < -0.4 is 10.6 Å². The van der Waals surface area contributed by atoms with Gasteiger partial charge in [0.15, 0.2) is 5.82 Å². The van der Waals surface area contributed by atoms with Crippen LogP contribution in [-0.2, 0) is 7.05 Å². The summed E-state index contributed by atoms with van der Waals surface area (Å²) in [7, 11) is 1.84. The van der Waals surface area contributed by atoms with Crippen molar-refractivity contribution in [1.29, 1.82) is 0 Å².